The quantitative estimate of drug-likeness (QED) is 0.599. The number of rotatable bonds is 1. The van der Waals surface area contributed by atoms with Gasteiger partial charge in [0.15, 0.2) is 11.4 Å². The highest BCUT2D eigenvalue weighted by atomic mass is 16.6. The lowest BCUT2D eigenvalue weighted by Crippen LogP contribution is -2.46. The molecule has 2 atom stereocenters. The topological polar surface area (TPSA) is 43.4 Å². The molecule has 0 aromatic heterocycles. The van der Waals surface area contributed by atoms with E-state index in [9.17, 15) is 9.59 Å². The van der Waals surface area contributed by atoms with Gasteiger partial charge in [-0.2, -0.15) is 0 Å². The number of carbonyl (C=O) groups is 2. The smallest absolute Gasteiger partial charge is 0.313 e. The van der Waals surface area contributed by atoms with Crippen molar-refractivity contribution in [2.24, 2.45) is 10.8 Å². The Morgan fingerprint density at radius 1 is 1.29 bits per heavy atom. The van der Waals surface area contributed by atoms with Crippen LogP contribution >= 0.6 is 0 Å². The fourth-order valence-corrected chi connectivity index (χ4v) is 2.99. The minimum atomic E-state index is -0.848. The molecule has 0 spiro atoms. The van der Waals surface area contributed by atoms with Crippen LogP contribution in [0.15, 0.2) is 0 Å². The monoisotopic (exact) mass is 196 g/mol. The molecule has 2 rings (SSSR count). The van der Waals surface area contributed by atoms with Gasteiger partial charge in [0, 0.05) is 5.41 Å². The minimum Gasteiger partial charge on any atom is -0.450 e. The molecule has 3 heteroatoms. The summed E-state index contributed by atoms with van der Waals surface area (Å²) in [5.41, 5.74) is -1.69. The van der Waals surface area contributed by atoms with E-state index in [1.165, 1.54) is 6.92 Å². The third-order valence-electron chi connectivity index (χ3n) is 4.65. The van der Waals surface area contributed by atoms with Crippen LogP contribution in [0.5, 0.6) is 0 Å². The molecule has 0 N–H and O–H groups in total. The molecular formula is C11H16O3. The van der Waals surface area contributed by atoms with Crippen LogP contribution < -0.4 is 0 Å². The van der Waals surface area contributed by atoms with Crippen LogP contribution in [-0.4, -0.2) is 17.4 Å². The van der Waals surface area contributed by atoms with Crippen LogP contribution in [0.1, 0.15) is 40.5 Å². The third kappa shape index (κ3) is 0.677. The summed E-state index contributed by atoms with van der Waals surface area (Å²) in [6, 6.07) is 0. The first-order valence-corrected chi connectivity index (χ1v) is 5.02. The number of fused-ring (bicyclic) bond motifs is 2. The number of hydrogen-bond donors (Lipinski definition) is 0. The van der Waals surface area contributed by atoms with Crippen LogP contribution in [0.3, 0.4) is 0 Å². The third-order valence-corrected chi connectivity index (χ3v) is 4.65. The molecule has 2 aliphatic rings. The molecule has 1 saturated heterocycles. The van der Waals surface area contributed by atoms with E-state index in [1.54, 1.807) is 0 Å². The fraction of sp³-hybridized carbons (Fsp3) is 0.818. The number of Topliss-reactive ketones (excluding diaryl/α,β-unsaturated/α-hetero) is 1. The molecular weight excluding hydrogens is 180 g/mol. The fourth-order valence-electron chi connectivity index (χ4n) is 2.99. The van der Waals surface area contributed by atoms with Crippen molar-refractivity contribution in [3.8, 4) is 0 Å². The van der Waals surface area contributed by atoms with Gasteiger partial charge in [0.2, 0.25) is 0 Å². The van der Waals surface area contributed by atoms with Gasteiger partial charge < -0.3 is 4.74 Å². The molecule has 3 nitrogen and oxygen atoms in total. The first-order valence-electron chi connectivity index (χ1n) is 5.02. The number of esters is 1. The molecule has 1 saturated carbocycles. The van der Waals surface area contributed by atoms with Gasteiger partial charge in [-0.15, -0.1) is 0 Å². The Bertz CT molecular complexity index is 331. The summed E-state index contributed by atoms with van der Waals surface area (Å²) in [7, 11) is 0. The summed E-state index contributed by atoms with van der Waals surface area (Å²) in [4.78, 5) is 23.4. The lowest BCUT2D eigenvalue weighted by atomic mass is 9.65. The zero-order valence-corrected chi connectivity index (χ0v) is 9.14. The van der Waals surface area contributed by atoms with Gasteiger partial charge in [0.05, 0.1) is 5.41 Å². The van der Waals surface area contributed by atoms with E-state index in [0.29, 0.717) is 6.42 Å². The van der Waals surface area contributed by atoms with Crippen LogP contribution in [0.4, 0.5) is 0 Å². The van der Waals surface area contributed by atoms with E-state index in [2.05, 4.69) is 0 Å². The zero-order valence-electron chi connectivity index (χ0n) is 9.14. The zero-order chi connectivity index (χ0) is 10.8. The second-order valence-electron chi connectivity index (χ2n) is 5.23. The number of carbonyl (C=O) groups excluding carboxylic acids is 2. The van der Waals surface area contributed by atoms with Crippen molar-refractivity contribution < 1.29 is 14.3 Å². The van der Waals surface area contributed by atoms with E-state index in [0.717, 1.165) is 6.42 Å². The van der Waals surface area contributed by atoms with Gasteiger partial charge in [-0.05, 0) is 26.7 Å². The highest BCUT2D eigenvalue weighted by molar-refractivity contribution is 5.96. The average Bonchev–Trinajstić information content (AvgIpc) is 2.34. The molecule has 0 radical (unpaired) electrons. The highest BCUT2D eigenvalue weighted by Crippen LogP contribution is 2.65. The van der Waals surface area contributed by atoms with Crippen molar-refractivity contribution in [2.75, 3.05) is 0 Å². The van der Waals surface area contributed by atoms with Crippen molar-refractivity contribution in [1.29, 1.82) is 0 Å². The summed E-state index contributed by atoms with van der Waals surface area (Å²) < 4.78 is 5.34. The molecule has 0 aromatic rings. The second kappa shape index (κ2) is 2.20. The van der Waals surface area contributed by atoms with Gasteiger partial charge in [-0.1, -0.05) is 13.8 Å². The number of ether oxygens (including phenoxy) is 1. The van der Waals surface area contributed by atoms with Crippen molar-refractivity contribution in [3.63, 3.8) is 0 Å². The lowest BCUT2D eigenvalue weighted by molar-refractivity contribution is -0.166. The van der Waals surface area contributed by atoms with E-state index < -0.39 is 11.0 Å². The highest BCUT2D eigenvalue weighted by Gasteiger charge is 2.74. The van der Waals surface area contributed by atoms with Crippen molar-refractivity contribution in [1.82, 2.24) is 0 Å². The standard InChI is InChI=1S/C11H16O3/c1-7(12)11-6-5-10(4,8(13)14-11)9(11,2)3/h5-6H2,1-4H3/t10-,11+/m1/s1. The van der Waals surface area contributed by atoms with Gasteiger partial charge in [0.25, 0.3) is 0 Å². The summed E-state index contributed by atoms with van der Waals surface area (Å²) >= 11 is 0. The summed E-state index contributed by atoms with van der Waals surface area (Å²) in [6.07, 6.45) is 1.44. The Hall–Kier alpha value is -0.860. The normalized spacial score (nSPS) is 43.9. The minimum absolute atomic E-state index is 0.0166. The van der Waals surface area contributed by atoms with Crippen molar-refractivity contribution in [3.05, 3.63) is 0 Å². The molecule has 78 valence electrons. The maximum absolute atomic E-state index is 11.7. The maximum atomic E-state index is 11.7. The van der Waals surface area contributed by atoms with Crippen molar-refractivity contribution >= 4 is 11.8 Å². The Kier molecular flexibility index (Phi) is 1.53. The molecule has 1 aliphatic carbocycles. The van der Waals surface area contributed by atoms with E-state index in [4.69, 9.17) is 4.74 Å². The average molecular weight is 196 g/mol. The van der Waals surface area contributed by atoms with Gasteiger partial charge in [-0.25, -0.2) is 0 Å². The predicted octanol–water partition coefficient (Wildman–Crippen LogP) is 1.70. The van der Waals surface area contributed by atoms with Crippen LogP contribution in [0.25, 0.3) is 0 Å². The van der Waals surface area contributed by atoms with Gasteiger partial charge in [-0.3, -0.25) is 9.59 Å². The first-order chi connectivity index (χ1) is 6.28. The van der Waals surface area contributed by atoms with E-state index in [-0.39, 0.29) is 17.2 Å². The Morgan fingerprint density at radius 2 is 1.86 bits per heavy atom. The number of hydrogen-bond acceptors (Lipinski definition) is 3. The Balaban J connectivity index is 2.60. The Labute approximate surface area is 83.8 Å². The number of ketones is 1. The molecule has 2 bridgehead atoms. The SMILES string of the molecule is CC(=O)[C@]12CC[C@](C)(C(=O)O1)C2(C)C. The molecule has 0 aromatic carbocycles. The van der Waals surface area contributed by atoms with Crippen molar-refractivity contribution in [2.45, 2.75) is 46.1 Å². The molecule has 1 heterocycles. The Morgan fingerprint density at radius 3 is 2.07 bits per heavy atom. The molecule has 0 unspecified atom stereocenters. The maximum Gasteiger partial charge on any atom is 0.313 e. The predicted molar refractivity (Wildman–Crippen MR) is 50.6 cm³/mol. The molecule has 2 fully saturated rings. The van der Waals surface area contributed by atoms with Crippen LogP contribution in [0.2, 0.25) is 0 Å². The van der Waals surface area contributed by atoms with E-state index >= 15 is 0 Å². The van der Waals surface area contributed by atoms with Gasteiger partial charge in [0.1, 0.15) is 0 Å². The molecule has 0 amide bonds. The van der Waals surface area contributed by atoms with Gasteiger partial charge >= 0.3 is 5.97 Å². The van der Waals surface area contributed by atoms with E-state index in [1.807, 2.05) is 20.8 Å². The molecule has 1 aliphatic heterocycles. The second-order valence-corrected chi connectivity index (χ2v) is 5.23. The van der Waals surface area contributed by atoms with Crippen LogP contribution in [0, 0.1) is 10.8 Å². The molecule has 14 heavy (non-hydrogen) atoms. The summed E-state index contributed by atoms with van der Waals surface area (Å²) in [5.74, 6) is -0.221. The summed E-state index contributed by atoms with van der Waals surface area (Å²) in [6.45, 7) is 7.36. The first kappa shape index (κ1) is 9.69. The van der Waals surface area contributed by atoms with Crippen LogP contribution in [-0.2, 0) is 14.3 Å². The largest absolute Gasteiger partial charge is 0.450 e. The lowest BCUT2D eigenvalue weighted by Gasteiger charge is -2.34. The summed E-state index contributed by atoms with van der Waals surface area (Å²) in [5, 5.41) is 0.